The zero-order chi connectivity index (χ0) is 15.7. The summed E-state index contributed by atoms with van der Waals surface area (Å²) >= 11 is 0. The molecule has 1 atom stereocenters. The van der Waals surface area contributed by atoms with Crippen molar-refractivity contribution in [1.82, 2.24) is 10.6 Å². The van der Waals surface area contributed by atoms with Gasteiger partial charge < -0.3 is 15.7 Å². The van der Waals surface area contributed by atoms with Crippen molar-refractivity contribution in [2.75, 3.05) is 13.1 Å². The number of carboxylic acids is 1. The fourth-order valence-corrected chi connectivity index (χ4v) is 1.60. The highest BCUT2D eigenvalue weighted by Crippen LogP contribution is 1.99. The third-order valence-electron chi connectivity index (χ3n) is 2.91. The molecule has 0 bridgehead atoms. The van der Waals surface area contributed by atoms with Crippen LogP contribution >= 0.6 is 0 Å². The van der Waals surface area contributed by atoms with Crippen molar-refractivity contribution in [3.63, 3.8) is 0 Å². The maximum Gasteiger partial charge on any atom is 0.308 e. The molecule has 0 fully saturated rings. The second-order valence-corrected chi connectivity index (χ2v) is 4.81. The van der Waals surface area contributed by atoms with Gasteiger partial charge in [-0.05, 0) is 5.56 Å². The summed E-state index contributed by atoms with van der Waals surface area (Å²) in [6.07, 6.45) is 0.408. The van der Waals surface area contributed by atoms with Crippen LogP contribution in [0.15, 0.2) is 30.3 Å². The minimum Gasteiger partial charge on any atom is -0.481 e. The minimum atomic E-state index is -0.952. The Bertz CT molecular complexity index is 488. The van der Waals surface area contributed by atoms with E-state index >= 15 is 0 Å². The van der Waals surface area contributed by atoms with Crippen LogP contribution in [0, 0.1) is 5.92 Å². The van der Waals surface area contributed by atoms with Crippen LogP contribution in [0.4, 0.5) is 0 Å². The van der Waals surface area contributed by atoms with Gasteiger partial charge in [0.25, 0.3) is 0 Å². The molecule has 0 radical (unpaired) electrons. The van der Waals surface area contributed by atoms with Crippen molar-refractivity contribution in [1.29, 1.82) is 0 Å². The maximum absolute atomic E-state index is 11.6. The number of amides is 2. The maximum atomic E-state index is 11.6. The van der Waals surface area contributed by atoms with Crippen molar-refractivity contribution in [2.45, 2.75) is 19.8 Å². The van der Waals surface area contributed by atoms with Gasteiger partial charge in [0, 0.05) is 19.5 Å². The molecule has 21 heavy (non-hydrogen) atoms. The summed E-state index contributed by atoms with van der Waals surface area (Å²) in [5, 5.41) is 13.8. The first-order valence-corrected chi connectivity index (χ1v) is 6.79. The fourth-order valence-electron chi connectivity index (χ4n) is 1.60. The van der Waals surface area contributed by atoms with E-state index in [4.69, 9.17) is 5.11 Å². The molecule has 6 heteroatoms. The molecule has 0 saturated heterocycles. The Labute approximate surface area is 123 Å². The van der Waals surface area contributed by atoms with E-state index < -0.39 is 11.9 Å². The predicted molar refractivity (Wildman–Crippen MR) is 77.6 cm³/mol. The minimum absolute atomic E-state index is 0.0894. The van der Waals surface area contributed by atoms with E-state index in [9.17, 15) is 14.4 Å². The van der Waals surface area contributed by atoms with Crippen molar-refractivity contribution in [2.24, 2.45) is 5.92 Å². The first-order valence-electron chi connectivity index (χ1n) is 6.79. The lowest BCUT2D eigenvalue weighted by atomic mass is 10.1. The van der Waals surface area contributed by atoms with E-state index in [1.165, 1.54) is 6.92 Å². The van der Waals surface area contributed by atoms with Crippen molar-refractivity contribution < 1.29 is 19.5 Å². The third-order valence-corrected chi connectivity index (χ3v) is 2.91. The Morgan fingerprint density at radius 3 is 2.38 bits per heavy atom. The summed E-state index contributed by atoms with van der Waals surface area (Å²) in [5.74, 6) is -2.00. The standard InChI is InChI=1S/C15H20N2O4/c1-11(15(20)21)10-17-13(18)7-8-16-14(19)9-12-5-3-2-4-6-12/h2-6,11H,7-10H2,1H3,(H,16,19)(H,17,18)(H,20,21). The van der Waals surface area contributed by atoms with Gasteiger partial charge in [0.15, 0.2) is 0 Å². The number of benzene rings is 1. The largest absolute Gasteiger partial charge is 0.481 e. The molecule has 1 rings (SSSR count). The van der Waals surface area contributed by atoms with Gasteiger partial charge in [0.05, 0.1) is 12.3 Å². The smallest absolute Gasteiger partial charge is 0.308 e. The molecule has 2 amide bonds. The van der Waals surface area contributed by atoms with Gasteiger partial charge in [-0.25, -0.2) is 0 Å². The van der Waals surface area contributed by atoms with Crippen LogP contribution in [0.1, 0.15) is 18.9 Å². The van der Waals surface area contributed by atoms with Crippen LogP contribution in [0.2, 0.25) is 0 Å². The van der Waals surface area contributed by atoms with Crippen LogP contribution in [-0.2, 0) is 20.8 Å². The van der Waals surface area contributed by atoms with Gasteiger partial charge in [-0.1, -0.05) is 37.3 Å². The normalized spacial score (nSPS) is 11.5. The number of hydrogen-bond donors (Lipinski definition) is 3. The van der Waals surface area contributed by atoms with Crippen LogP contribution < -0.4 is 10.6 Å². The lowest BCUT2D eigenvalue weighted by Gasteiger charge is -2.09. The lowest BCUT2D eigenvalue weighted by molar-refractivity contribution is -0.141. The molecule has 1 aromatic carbocycles. The highest BCUT2D eigenvalue weighted by Gasteiger charge is 2.12. The van der Waals surface area contributed by atoms with Crippen LogP contribution in [-0.4, -0.2) is 36.0 Å². The average Bonchev–Trinajstić information content (AvgIpc) is 2.45. The number of nitrogens with one attached hydrogen (secondary N) is 2. The molecule has 0 spiro atoms. The van der Waals surface area contributed by atoms with Gasteiger partial charge in [0.2, 0.25) is 11.8 Å². The highest BCUT2D eigenvalue weighted by atomic mass is 16.4. The van der Waals surface area contributed by atoms with E-state index in [-0.39, 0.29) is 37.7 Å². The Morgan fingerprint density at radius 2 is 1.76 bits per heavy atom. The number of rotatable bonds is 8. The molecule has 0 aromatic heterocycles. The van der Waals surface area contributed by atoms with Crippen molar-refractivity contribution in [3.05, 3.63) is 35.9 Å². The van der Waals surface area contributed by atoms with Crippen molar-refractivity contribution >= 4 is 17.8 Å². The second-order valence-electron chi connectivity index (χ2n) is 4.81. The van der Waals surface area contributed by atoms with E-state index in [1.807, 2.05) is 30.3 Å². The lowest BCUT2D eigenvalue weighted by Crippen LogP contribution is -2.34. The second kappa shape index (κ2) is 8.73. The SMILES string of the molecule is CC(CNC(=O)CCNC(=O)Cc1ccccc1)C(=O)O. The number of carboxylic acid groups (broad SMARTS) is 1. The van der Waals surface area contributed by atoms with Gasteiger partial charge >= 0.3 is 5.97 Å². The zero-order valence-corrected chi connectivity index (χ0v) is 12.0. The monoisotopic (exact) mass is 292 g/mol. The van der Waals surface area contributed by atoms with E-state index in [2.05, 4.69) is 10.6 Å². The van der Waals surface area contributed by atoms with Gasteiger partial charge in [-0.15, -0.1) is 0 Å². The van der Waals surface area contributed by atoms with E-state index in [1.54, 1.807) is 0 Å². The predicted octanol–water partition coefficient (Wildman–Crippen LogP) is 0.572. The van der Waals surface area contributed by atoms with E-state index in [0.29, 0.717) is 0 Å². The van der Waals surface area contributed by atoms with Crippen LogP contribution in [0.5, 0.6) is 0 Å². The summed E-state index contributed by atoms with van der Waals surface area (Å²) in [5.41, 5.74) is 0.912. The quantitative estimate of drug-likeness (QED) is 0.653. The fraction of sp³-hybridized carbons (Fsp3) is 0.400. The molecule has 0 aliphatic carbocycles. The topological polar surface area (TPSA) is 95.5 Å². The number of aliphatic carboxylic acids is 1. The summed E-state index contributed by atoms with van der Waals surface area (Å²) in [6, 6.07) is 9.32. The molecule has 114 valence electrons. The molecule has 0 saturated carbocycles. The molecular weight excluding hydrogens is 272 g/mol. The first kappa shape index (κ1) is 16.7. The first-order chi connectivity index (χ1) is 9.99. The number of carbonyl (C=O) groups excluding carboxylic acids is 2. The summed E-state index contributed by atoms with van der Waals surface area (Å²) in [6.45, 7) is 1.84. The van der Waals surface area contributed by atoms with E-state index in [0.717, 1.165) is 5.56 Å². The molecule has 1 unspecified atom stereocenters. The number of hydrogen-bond acceptors (Lipinski definition) is 3. The number of carbonyl (C=O) groups is 3. The molecule has 6 nitrogen and oxygen atoms in total. The van der Waals surface area contributed by atoms with Crippen molar-refractivity contribution in [3.8, 4) is 0 Å². The summed E-state index contributed by atoms with van der Waals surface area (Å²) < 4.78 is 0. The van der Waals surface area contributed by atoms with Gasteiger partial charge in [-0.3, -0.25) is 14.4 Å². The third kappa shape index (κ3) is 7.10. The molecule has 0 aliphatic heterocycles. The molecule has 0 heterocycles. The van der Waals surface area contributed by atoms with Crippen LogP contribution in [0.3, 0.4) is 0 Å². The van der Waals surface area contributed by atoms with Gasteiger partial charge in [-0.2, -0.15) is 0 Å². The van der Waals surface area contributed by atoms with Crippen LogP contribution in [0.25, 0.3) is 0 Å². The highest BCUT2D eigenvalue weighted by molar-refractivity contribution is 5.80. The Kier molecular flexibility index (Phi) is 6.94. The Balaban J connectivity index is 2.16. The molecule has 0 aliphatic rings. The molecular formula is C15H20N2O4. The zero-order valence-electron chi connectivity index (χ0n) is 12.0. The summed E-state index contributed by atoms with van der Waals surface area (Å²) in [7, 11) is 0. The molecule has 3 N–H and O–H groups in total. The Hall–Kier alpha value is -2.37. The Morgan fingerprint density at radius 1 is 1.10 bits per heavy atom. The average molecular weight is 292 g/mol. The summed E-state index contributed by atoms with van der Waals surface area (Å²) in [4.78, 5) is 33.7. The molecule has 1 aromatic rings. The van der Waals surface area contributed by atoms with Gasteiger partial charge in [0.1, 0.15) is 0 Å².